The van der Waals surface area contributed by atoms with E-state index >= 15 is 0 Å². The molecule has 3 rings (SSSR count). The maximum absolute atomic E-state index is 13.2. The summed E-state index contributed by atoms with van der Waals surface area (Å²) < 4.78 is 14.0. The van der Waals surface area contributed by atoms with Gasteiger partial charge in [-0.2, -0.15) is 0 Å². The summed E-state index contributed by atoms with van der Waals surface area (Å²) in [4.78, 5) is 12.5. The maximum Gasteiger partial charge on any atom is 0.264 e. The van der Waals surface area contributed by atoms with E-state index in [1.165, 1.54) is 23.5 Å². The van der Waals surface area contributed by atoms with Crippen LogP contribution in [-0.4, -0.2) is 23.2 Å². The lowest BCUT2D eigenvalue weighted by molar-refractivity contribution is 0.0912. The molecule has 0 aliphatic heterocycles. The van der Waals surface area contributed by atoms with Gasteiger partial charge >= 0.3 is 0 Å². The van der Waals surface area contributed by atoms with E-state index in [0.29, 0.717) is 16.0 Å². The second-order valence-corrected chi connectivity index (χ2v) is 5.93. The Labute approximate surface area is 113 Å². The zero-order valence-electron chi connectivity index (χ0n) is 10.1. The first-order valence-electron chi connectivity index (χ1n) is 5.95. The van der Waals surface area contributed by atoms with Crippen molar-refractivity contribution in [2.24, 2.45) is 0 Å². The summed E-state index contributed by atoms with van der Waals surface area (Å²) in [6, 6.07) is 4.29. The lowest BCUT2D eigenvalue weighted by Gasteiger charge is -2.13. The quantitative estimate of drug-likeness (QED) is 0.803. The molecule has 100 valence electrons. The highest BCUT2D eigenvalue weighted by Gasteiger charge is 2.44. The van der Waals surface area contributed by atoms with Gasteiger partial charge in [-0.25, -0.2) is 4.39 Å². The molecule has 0 spiro atoms. The monoisotopic (exact) mass is 280 g/mol. The van der Waals surface area contributed by atoms with Crippen molar-refractivity contribution in [2.75, 3.05) is 12.3 Å². The van der Waals surface area contributed by atoms with Crippen LogP contribution < -0.4 is 11.1 Å². The molecular formula is C13H13FN2O2S. The Balaban J connectivity index is 1.96. The van der Waals surface area contributed by atoms with Crippen LogP contribution in [0.25, 0.3) is 10.1 Å². The van der Waals surface area contributed by atoms with Crippen LogP contribution >= 0.6 is 11.3 Å². The minimum Gasteiger partial charge on any atom is -0.397 e. The van der Waals surface area contributed by atoms with E-state index in [1.807, 2.05) is 0 Å². The van der Waals surface area contributed by atoms with Gasteiger partial charge in [0.1, 0.15) is 10.7 Å². The molecule has 1 aliphatic rings. The number of halogens is 1. The number of benzene rings is 1. The molecular weight excluding hydrogens is 267 g/mol. The topological polar surface area (TPSA) is 75.4 Å². The summed E-state index contributed by atoms with van der Waals surface area (Å²) in [5.74, 6) is -0.677. The summed E-state index contributed by atoms with van der Waals surface area (Å²) in [6.07, 6.45) is 1.54. The third-order valence-electron chi connectivity index (χ3n) is 3.43. The van der Waals surface area contributed by atoms with Gasteiger partial charge in [0.15, 0.2) is 0 Å². The number of hydrogen-bond donors (Lipinski definition) is 3. The number of thiophene rings is 1. The van der Waals surface area contributed by atoms with Gasteiger partial charge in [0.05, 0.1) is 17.8 Å². The Hall–Kier alpha value is -1.66. The summed E-state index contributed by atoms with van der Waals surface area (Å²) in [7, 11) is 0. The van der Waals surface area contributed by atoms with E-state index < -0.39 is 5.54 Å². The van der Waals surface area contributed by atoms with Crippen LogP contribution in [-0.2, 0) is 0 Å². The van der Waals surface area contributed by atoms with Crippen molar-refractivity contribution in [3.8, 4) is 0 Å². The highest BCUT2D eigenvalue weighted by atomic mass is 32.1. The number of nitrogens with two attached hydrogens (primary N) is 1. The summed E-state index contributed by atoms with van der Waals surface area (Å²) >= 11 is 1.23. The number of carbonyl (C=O) groups excluding carboxylic acids is 1. The Morgan fingerprint density at radius 1 is 1.53 bits per heavy atom. The van der Waals surface area contributed by atoms with Gasteiger partial charge in [-0.3, -0.25) is 4.79 Å². The molecule has 0 bridgehead atoms. The molecule has 0 saturated heterocycles. The molecule has 0 atom stereocenters. The van der Waals surface area contributed by atoms with Gasteiger partial charge in [-0.1, -0.05) is 0 Å². The first kappa shape index (κ1) is 12.4. The SMILES string of the molecule is Nc1c(C(=O)NC2(CO)CC2)sc2ccc(F)cc12. The zero-order chi connectivity index (χ0) is 13.6. The van der Waals surface area contributed by atoms with Crippen LogP contribution in [0.5, 0.6) is 0 Å². The van der Waals surface area contributed by atoms with Gasteiger partial charge in [0.2, 0.25) is 0 Å². The van der Waals surface area contributed by atoms with Gasteiger partial charge < -0.3 is 16.2 Å². The molecule has 1 heterocycles. The zero-order valence-corrected chi connectivity index (χ0v) is 10.9. The van der Waals surface area contributed by atoms with Crippen LogP contribution in [0.1, 0.15) is 22.5 Å². The number of nitrogen functional groups attached to an aromatic ring is 1. The fourth-order valence-electron chi connectivity index (χ4n) is 2.03. The number of rotatable bonds is 3. The first-order chi connectivity index (χ1) is 9.04. The second kappa shape index (κ2) is 4.18. The predicted octanol–water partition coefficient (Wildman–Crippen LogP) is 1.88. The minimum atomic E-state index is -0.481. The Morgan fingerprint density at radius 3 is 2.89 bits per heavy atom. The van der Waals surface area contributed by atoms with Crippen molar-refractivity contribution < 1.29 is 14.3 Å². The molecule has 1 aromatic heterocycles. The van der Waals surface area contributed by atoms with Crippen LogP contribution in [0.15, 0.2) is 18.2 Å². The molecule has 1 aromatic carbocycles. The number of anilines is 1. The van der Waals surface area contributed by atoms with Crippen LogP contribution in [0, 0.1) is 5.82 Å². The van der Waals surface area contributed by atoms with Crippen molar-refractivity contribution in [3.63, 3.8) is 0 Å². The highest BCUT2D eigenvalue weighted by molar-refractivity contribution is 7.21. The number of fused-ring (bicyclic) bond motifs is 1. The predicted molar refractivity (Wildman–Crippen MR) is 72.7 cm³/mol. The van der Waals surface area contributed by atoms with Crippen LogP contribution in [0.4, 0.5) is 10.1 Å². The molecule has 4 nitrogen and oxygen atoms in total. The molecule has 6 heteroatoms. The smallest absolute Gasteiger partial charge is 0.264 e. The minimum absolute atomic E-state index is 0.0713. The Kier molecular flexibility index (Phi) is 2.72. The summed E-state index contributed by atoms with van der Waals surface area (Å²) in [5.41, 5.74) is 5.73. The highest BCUT2D eigenvalue weighted by Crippen LogP contribution is 2.38. The second-order valence-electron chi connectivity index (χ2n) is 4.88. The molecule has 0 radical (unpaired) electrons. The number of hydrogen-bond acceptors (Lipinski definition) is 4. The molecule has 1 aliphatic carbocycles. The van der Waals surface area contributed by atoms with Crippen molar-refractivity contribution in [1.82, 2.24) is 5.32 Å². The number of aliphatic hydroxyl groups is 1. The number of carbonyl (C=O) groups is 1. The Bertz CT molecular complexity index is 664. The van der Waals surface area contributed by atoms with Crippen molar-refractivity contribution >= 4 is 33.0 Å². The molecule has 2 aromatic rings. The van der Waals surface area contributed by atoms with E-state index in [4.69, 9.17) is 5.73 Å². The Morgan fingerprint density at radius 2 is 2.26 bits per heavy atom. The lowest BCUT2D eigenvalue weighted by Crippen LogP contribution is -2.39. The van der Waals surface area contributed by atoms with Gasteiger partial charge in [-0.15, -0.1) is 11.3 Å². The van der Waals surface area contributed by atoms with Gasteiger partial charge in [0, 0.05) is 10.1 Å². The third kappa shape index (κ3) is 2.06. The maximum atomic E-state index is 13.2. The molecule has 1 fully saturated rings. The molecule has 0 unspecified atom stereocenters. The molecule has 19 heavy (non-hydrogen) atoms. The standard InChI is InChI=1S/C13H13FN2O2S/c14-7-1-2-9-8(5-7)10(15)11(19-9)12(18)16-13(6-17)3-4-13/h1-2,5,17H,3-4,6,15H2,(H,16,18). The van der Waals surface area contributed by atoms with Crippen LogP contribution in [0.3, 0.4) is 0 Å². The molecule has 1 saturated carbocycles. The van der Waals surface area contributed by atoms with E-state index in [-0.39, 0.29) is 18.3 Å². The fourth-order valence-corrected chi connectivity index (χ4v) is 3.03. The fraction of sp³-hybridized carbons (Fsp3) is 0.308. The van der Waals surface area contributed by atoms with E-state index in [2.05, 4.69) is 5.32 Å². The van der Waals surface area contributed by atoms with Gasteiger partial charge in [-0.05, 0) is 31.0 Å². The average molecular weight is 280 g/mol. The van der Waals surface area contributed by atoms with Crippen molar-refractivity contribution in [2.45, 2.75) is 18.4 Å². The van der Waals surface area contributed by atoms with E-state index in [1.54, 1.807) is 6.07 Å². The molecule has 1 amide bonds. The lowest BCUT2D eigenvalue weighted by atomic mass is 10.2. The van der Waals surface area contributed by atoms with Gasteiger partial charge in [0.25, 0.3) is 5.91 Å². The van der Waals surface area contributed by atoms with E-state index in [0.717, 1.165) is 17.5 Å². The number of amides is 1. The van der Waals surface area contributed by atoms with Crippen molar-refractivity contribution in [3.05, 3.63) is 28.9 Å². The number of nitrogens with one attached hydrogen (secondary N) is 1. The van der Waals surface area contributed by atoms with E-state index in [9.17, 15) is 14.3 Å². The average Bonchev–Trinajstić information content (AvgIpc) is 3.09. The summed E-state index contributed by atoms with van der Waals surface area (Å²) in [6.45, 7) is -0.0713. The largest absolute Gasteiger partial charge is 0.397 e. The van der Waals surface area contributed by atoms with Crippen LogP contribution in [0.2, 0.25) is 0 Å². The number of aliphatic hydroxyl groups excluding tert-OH is 1. The third-order valence-corrected chi connectivity index (χ3v) is 4.61. The normalized spacial score (nSPS) is 16.5. The first-order valence-corrected chi connectivity index (χ1v) is 6.77. The molecule has 4 N–H and O–H groups in total. The van der Waals surface area contributed by atoms with Crippen molar-refractivity contribution in [1.29, 1.82) is 0 Å². The summed E-state index contributed by atoms with van der Waals surface area (Å²) in [5, 5.41) is 12.6.